The van der Waals surface area contributed by atoms with Gasteiger partial charge in [-0.05, 0) is 77.7 Å². The maximum atomic E-state index is 12.3. The number of rotatable bonds is 8. The number of benzene rings is 3. The molecule has 9 heteroatoms. The Morgan fingerprint density at radius 2 is 1.55 bits per heavy atom. The molecule has 0 bridgehead atoms. The average molecular weight is 478 g/mol. The number of carbonyl (C=O) groups excluding carboxylic acids is 1. The lowest BCUT2D eigenvalue weighted by molar-refractivity contribution is 0.0955. The van der Waals surface area contributed by atoms with Crippen LogP contribution < -0.4 is 14.9 Å². The van der Waals surface area contributed by atoms with Crippen molar-refractivity contribution in [3.8, 4) is 11.5 Å². The van der Waals surface area contributed by atoms with Crippen LogP contribution in [0.3, 0.4) is 0 Å². The second-order valence-corrected chi connectivity index (χ2v) is 9.66. The minimum Gasteiger partial charge on any atom is -0.457 e. The normalized spacial score (nSPS) is 11.3. The molecule has 0 atom stereocenters. The molecule has 1 amide bonds. The minimum atomic E-state index is -3.63. The van der Waals surface area contributed by atoms with E-state index in [1.54, 1.807) is 11.4 Å². The van der Waals surface area contributed by atoms with Crippen LogP contribution in [0.2, 0.25) is 0 Å². The van der Waals surface area contributed by atoms with Crippen LogP contribution in [0.25, 0.3) is 0 Å². The molecule has 2 N–H and O–H groups in total. The van der Waals surface area contributed by atoms with Gasteiger partial charge in [0, 0.05) is 11.3 Å². The van der Waals surface area contributed by atoms with Crippen molar-refractivity contribution in [1.82, 2.24) is 5.43 Å². The van der Waals surface area contributed by atoms with Crippen LogP contribution in [0, 0.1) is 0 Å². The molecule has 0 fully saturated rings. The van der Waals surface area contributed by atoms with Crippen molar-refractivity contribution in [2.75, 3.05) is 4.72 Å². The van der Waals surface area contributed by atoms with Gasteiger partial charge < -0.3 is 4.74 Å². The summed E-state index contributed by atoms with van der Waals surface area (Å²) in [6.07, 6.45) is 1.52. The zero-order valence-electron chi connectivity index (χ0n) is 17.2. The molecular formula is C24H19N3O4S2. The van der Waals surface area contributed by atoms with Crippen LogP contribution in [0.4, 0.5) is 5.69 Å². The Balaban J connectivity index is 1.31. The Kier molecular flexibility index (Phi) is 6.82. The summed E-state index contributed by atoms with van der Waals surface area (Å²) in [6.45, 7) is 0. The number of sulfonamides is 1. The minimum absolute atomic E-state index is 0.221. The summed E-state index contributed by atoms with van der Waals surface area (Å²) in [7, 11) is -3.63. The van der Waals surface area contributed by atoms with Gasteiger partial charge in [0.25, 0.3) is 15.9 Å². The van der Waals surface area contributed by atoms with Crippen molar-refractivity contribution in [2.24, 2.45) is 5.10 Å². The highest BCUT2D eigenvalue weighted by Gasteiger charge is 2.15. The Morgan fingerprint density at radius 3 is 2.21 bits per heavy atom. The second kappa shape index (κ2) is 10.1. The molecule has 0 spiro atoms. The van der Waals surface area contributed by atoms with E-state index in [0.717, 1.165) is 22.6 Å². The number of para-hydroxylation sites is 1. The van der Waals surface area contributed by atoms with Crippen molar-refractivity contribution in [2.45, 2.75) is 4.21 Å². The molecule has 0 unspecified atom stereocenters. The van der Waals surface area contributed by atoms with E-state index in [2.05, 4.69) is 15.2 Å². The lowest BCUT2D eigenvalue weighted by Crippen LogP contribution is -2.17. The molecule has 1 heterocycles. The van der Waals surface area contributed by atoms with Crippen LogP contribution >= 0.6 is 11.3 Å². The number of hydrogen-bond acceptors (Lipinski definition) is 6. The van der Waals surface area contributed by atoms with E-state index < -0.39 is 15.9 Å². The number of thiophene rings is 1. The summed E-state index contributed by atoms with van der Waals surface area (Å²) in [5, 5.41) is 5.66. The fourth-order valence-corrected chi connectivity index (χ4v) is 4.84. The fourth-order valence-electron chi connectivity index (χ4n) is 2.79. The molecule has 4 aromatic rings. The molecule has 7 nitrogen and oxygen atoms in total. The van der Waals surface area contributed by atoms with Crippen molar-refractivity contribution in [3.63, 3.8) is 0 Å². The Labute approximate surface area is 195 Å². The summed E-state index contributed by atoms with van der Waals surface area (Å²) in [6, 6.07) is 26.0. The third-order valence-electron chi connectivity index (χ3n) is 4.40. The molecule has 33 heavy (non-hydrogen) atoms. The highest BCUT2D eigenvalue weighted by atomic mass is 32.2. The molecule has 0 saturated carbocycles. The highest BCUT2D eigenvalue weighted by Crippen LogP contribution is 2.21. The van der Waals surface area contributed by atoms with Gasteiger partial charge in [-0.2, -0.15) is 5.10 Å². The van der Waals surface area contributed by atoms with E-state index in [9.17, 15) is 13.2 Å². The van der Waals surface area contributed by atoms with Gasteiger partial charge in [0.05, 0.1) is 6.21 Å². The summed E-state index contributed by atoms with van der Waals surface area (Å²) in [5.41, 5.74) is 3.95. The second-order valence-electron chi connectivity index (χ2n) is 6.80. The van der Waals surface area contributed by atoms with Gasteiger partial charge in [0.1, 0.15) is 15.7 Å². The summed E-state index contributed by atoms with van der Waals surface area (Å²) in [5.74, 6) is 1.02. The highest BCUT2D eigenvalue weighted by molar-refractivity contribution is 7.94. The number of nitrogens with one attached hydrogen (secondary N) is 2. The molecule has 0 aliphatic rings. The lowest BCUT2D eigenvalue weighted by Gasteiger charge is -2.07. The quantitative estimate of drug-likeness (QED) is 0.272. The Bertz CT molecular complexity index is 1340. The van der Waals surface area contributed by atoms with Gasteiger partial charge >= 0.3 is 0 Å². The predicted octanol–water partition coefficient (Wildman–Crippen LogP) is 5.11. The molecule has 0 aliphatic heterocycles. The van der Waals surface area contributed by atoms with Gasteiger partial charge in [-0.1, -0.05) is 24.3 Å². The Morgan fingerprint density at radius 1 is 0.848 bits per heavy atom. The fraction of sp³-hybridized carbons (Fsp3) is 0. The molecule has 0 aliphatic carbocycles. The first-order chi connectivity index (χ1) is 16.0. The topological polar surface area (TPSA) is 96.9 Å². The van der Waals surface area contributed by atoms with Crippen molar-refractivity contribution in [3.05, 3.63) is 108 Å². The molecular weight excluding hydrogens is 458 g/mol. The first kappa shape index (κ1) is 22.3. The maximum absolute atomic E-state index is 12.3. The van der Waals surface area contributed by atoms with Gasteiger partial charge in [-0.15, -0.1) is 11.3 Å². The molecule has 3 aromatic carbocycles. The van der Waals surface area contributed by atoms with Crippen LogP contribution in [-0.2, 0) is 10.0 Å². The number of anilines is 1. The molecule has 1 aromatic heterocycles. The largest absolute Gasteiger partial charge is 0.457 e. The van der Waals surface area contributed by atoms with Crippen LogP contribution in [0.1, 0.15) is 15.9 Å². The van der Waals surface area contributed by atoms with Crippen LogP contribution in [-0.4, -0.2) is 20.5 Å². The number of ether oxygens (including phenoxy) is 1. The molecule has 166 valence electrons. The summed E-state index contributed by atoms with van der Waals surface area (Å²) in [4.78, 5) is 12.3. The molecule has 4 rings (SSSR count). The van der Waals surface area contributed by atoms with E-state index in [4.69, 9.17) is 4.74 Å². The zero-order valence-corrected chi connectivity index (χ0v) is 18.8. The maximum Gasteiger partial charge on any atom is 0.271 e. The number of carbonyl (C=O) groups is 1. The standard InChI is InChI=1S/C24H19N3O4S2/c28-24(19-10-12-20(13-11-19)27-33(29,30)23-7-4-16-32-23)26-25-17-18-8-14-22(15-9-18)31-21-5-2-1-3-6-21/h1-17,27H,(H,26,28)/b25-17-. The first-order valence-corrected chi connectivity index (χ1v) is 12.2. The Hall–Kier alpha value is -3.95. The average Bonchev–Trinajstić information content (AvgIpc) is 3.37. The van der Waals surface area contributed by atoms with Gasteiger partial charge in [-0.25, -0.2) is 13.8 Å². The van der Waals surface area contributed by atoms with Crippen molar-refractivity contribution >= 4 is 39.2 Å². The van der Waals surface area contributed by atoms with Crippen molar-refractivity contribution in [1.29, 1.82) is 0 Å². The number of nitrogens with zero attached hydrogens (tertiary/aromatic N) is 1. The lowest BCUT2D eigenvalue weighted by atomic mass is 10.2. The van der Waals surface area contributed by atoms with Crippen molar-refractivity contribution < 1.29 is 17.9 Å². The van der Waals surface area contributed by atoms with Gasteiger partial charge in [0.15, 0.2) is 0 Å². The van der Waals surface area contributed by atoms with E-state index in [0.29, 0.717) is 17.0 Å². The van der Waals surface area contributed by atoms with Gasteiger partial charge in [-0.3, -0.25) is 9.52 Å². The third kappa shape index (κ3) is 6.06. The number of hydrazone groups is 1. The smallest absolute Gasteiger partial charge is 0.271 e. The summed E-state index contributed by atoms with van der Waals surface area (Å²) < 4.78 is 33.0. The first-order valence-electron chi connectivity index (χ1n) is 9.82. The van der Waals surface area contributed by atoms with E-state index in [1.807, 2.05) is 54.6 Å². The number of hydrogen-bond donors (Lipinski definition) is 2. The molecule has 0 saturated heterocycles. The van der Waals surface area contributed by atoms with Crippen LogP contribution in [0.15, 0.2) is 106 Å². The van der Waals surface area contributed by atoms with Crippen LogP contribution in [0.5, 0.6) is 11.5 Å². The van der Waals surface area contributed by atoms with E-state index in [1.165, 1.54) is 36.5 Å². The molecule has 0 radical (unpaired) electrons. The third-order valence-corrected chi connectivity index (χ3v) is 7.18. The van der Waals surface area contributed by atoms with Gasteiger partial charge in [0.2, 0.25) is 0 Å². The van der Waals surface area contributed by atoms with E-state index >= 15 is 0 Å². The predicted molar refractivity (Wildman–Crippen MR) is 130 cm³/mol. The SMILES string of the molecule is O=C(N/N=C\c1ccc(Oc2ccccc2)cc1)c1ccc(NS(=O)(=O)c2cccs2)cc1. The zero-order chi connectivity index (χ0) is 23.1. The monoisotopic (exact) mass is 477 g/mol. The summed E-state index contributed by atoms with van der Waals surface area (Å²) >= 11 is 1.13. The van der Waals surface area contributed by atoms with E-state index in [-0.39, 0.29) is 4.21 Å². The number of amides is 1.